The molecule has 1 amide bonds. The van der Waals surface area contributed by atoms with Crippen molar-refractivity contribution in [2.24, 2.45) is 0 Å². The largest absolute Gasteiger partial charge is 0.394 e. The summed E-state index contributed by atoms with van der Waals surface area (Å²) in [6.07, 6.45) is 1.64. The molecular formula is C11H17N3O2. The molecule has 0 bridgehead atoms. The van der Waals surface area contributed by atoms with Gasteiger partial charge in [0.25, 0.3) is 5.91 Å². The van der Waals surface area contributed by atoms with Gasteiger partial charge in [0.15, 0.2) is 0 Å². The molecule has 88 valence electrons. The monoisotopic (exact) mass is 223 g/mol. The molecule has 1 heterocycles. The van der Waals surface area contributed by atoms with E-state index in [2.05, 4.69) is 10.3 Å². The summed E-state index contributed by atoms with van der Waals surface area (Å²) >= 11 is 0. The smallest absolute Gasteiger partial charge is 0.255 e. The van der Waals surface area contributed by atoms with E-state index >= 15 is 0 Å². The number of amides is 1. The highest BCUT2D eigenvalue weighted by Crippen LogP contribution is 2.14. The molecule has 1 unspecified atom stereocenters. The van der Waals surface area contributed by atoms with Crippen LogP contribution in [0.3, 0.4) is 0 Å². The number of rotatable bonds is 4. The number of hydrogen-bond acceptors (Lipinski definition) is 4. The van der Waals surface area contributed by atoms with Crippen LogP contribution in [0.2, 0.25) is 0 Å². The van der Waals surface area contributed by atoms with Gasteiger partial charge >= 0.3 is 0 Å². The minimum atomic E-state index is -0.261. The standard InChI is InChI=1S/C11H17N3O2/c1-8(7-15)13-11(16)9-5-4-6-12-10(9)14(2)3/h4-6,8,15H,7H2,1-3H3,(H,13,16). The third kappa shape index (κ3) is 2.93. The number of pyridine rings is 1. The summed E-state index contributed by atoms with van der Waals surface area (Å²) < 4.78 is 0. The van der Waals surface area contributed by atoms with Gasteiger partial charge in [-0.25, -0.2) is 4.98 Å². The normalized spacial score (nSPS) is 12.0. The van der Waals surface area contributed by atoms with E-state index in [1.54, 1.807) is 30.2 Å². The van der Waals surface area contributed by atoms with Gasteiger partial charge in [-0.15, -0.1) is 0 Å². The topological polar surface area (TPSA) is 65.5 Å². The molecule has 1 aromatic rings. The Labute approximate surface area is 95.1 Å². The zero-order valence-corrected chi connectivity index (χ0v) is 9.77. The predicted octanol–water partition coefficient (Wildman–Crippen LogP) is 0.258. The van der Waals surface area contributed by atoms with Crippen LogP contribution in [0.4, 0.5) is 5.82 Å². The van der Waals surface area contributed by atoms with Crippen LogP contribution in [0.5, 0.6) is 0 Å². The van der Waals surface area contributed by atoms with E-state index in [1.807, 2.05) is 14.1 Å². The molecule has 1 atom stereocenters. The van der Waals surface area contributed by atoms with Gasteiger partial charge in [0.05, 0.1) is 12.2 Å². The van der Waals surface area contributed by atoms with Crippen LogP contribution in [0.15, 0.2) is 18.3 Å². The van der Waals surface area contributed by atoms with E-state index in [-0.39, 0.29) is 18.6 Å². The fourth-order valence-electron chi connectivity index (χ4n) is 1.28. The number of carbonyl (C=O) groups is 1. The summed E-state index contributed by atoms with van der Waals surface area (Å²) in [4.78, 5) is 17.8. The minimum absolute atomic E-state index is 0.0801. The summed E-state index contributed by atoms with van der Waals surface area (Å²) in [5, 5.41) is 11.6. The average molecular weight is 223 g/mol. The number of carbonyl (C=O) groups excluding carboxylic acids is 1. The van der Waals surface area contributed by atoms with Crippen LogP contribution in [0.1, 0.15) is 17.3 Å². The Morgan fingerprint density at radius 2 is 2.31 bits per heavy atom. The second-order valence-electron chi connectivity index (χ2n) is 3.83. The maximum Gasteiger partial charge on any atom is 0.255 e. The number of hydrogen-bond donors (Lipinski definition) is 2. The SMILES string of the molecule is CC(CO)NC(=O)c1cccnc1N(C)C. The van der Waals surface area contributed by atoms with Crippen molar-refractivity contribution in [3.8, 4) is 0 Å². The van der Waals surface area contributed by atoms with Crippen molar-refractivity contribution >= 4 is 11.7 Å². The lowest BCUT2D eigenvalue weighted by molar-refractivity contribution is 0.0922. The van der Waals surface area contributed by atoms with Gasteiger partial charge < -0.3 is 15.3 Å². The van der Waals surface area contributed by atoms with Crippen LogP contribution in [0, 0.1) is 0 Å². The predicted molar refractivity (Wildman–Crippen MR) is 62.6 cm³/mol. The van der Waals surface area contributed by atoms with Gasteiger partial charge in [-0.3, -0.25) is 4.79 Å². The van der Waals surface area contributed by atoms with E-state index < -0.39 is 0 Å². The van der Waals surface area contributed by atoms with Gasteiger partial charge in [0.2, 0.25) is 0 Å². The first-order chi connectivity index (χ1) is 7.56. The van der Waals surface area contributed by atoms with Crippen molar-refractivity contribution < 1.29 is 9.90 Å². The highest BCUT2D eigenvalue weighted by atomic mass is 16.3. The number of aliphatic hydroxyl groups is 1. The van der Waals surface area contributed by atoms with Gasteiger partial charge in [0.1, 0.15) is 5.82 Å². The number of nitrogens with zero attached hydrogens (tertiary/aromatic N) is 2. The second kappa shape index (κ2) is 5.46. The van der Waals surface area contributed by atoms with E-state index in [1.165, 1.54) is 0 Å². The molecule has 0 spiro atoms. The lowest BCUT2D eigenvalue weighted by Gasteiger charge is -2.17. The Bertz CT molecular complexity index is 366. The molecule has 0 aromatic carbocycles. The summed E-state index contributed by atoms with van der Waals surface area (Å²) in [6.45, 7) is 1.66. The summed E-state index contributed by atoms with van der Waals surface area (Å²) in [6, 6.07) is 3.16. The highest BCUT2D eigenvalue weighted by Gasteiger charge is 2.14. The summed E-state index contributed by atoms with van der Waals surface area (Å²) in [7, 11) is 3.66. The van der Waals surface area contributed by atoms with Crippen molar-refractivity contribution in [2.75, 3.05) is 25.6 Å². The molecule has 5 heteroatoms. The average Bonchev–Trinajstić information content (AvgIpc) is 2.28. The Balaban J connectivity index is 2.90. The first-order valence-corrected chi connectivity index (χ1v) is 5.10. The Hall–Kier alpha value is -1.62. The van der Waals surface area contributed by atoms with Crippen molar-refractivity contribution in [2.45, 2.75) is 13.0 Å². The number of aliphatic hydroxyl groups excluding tert-OH is 1. The summed E-state index contributed by atoms with van der Waals surface area (Å²) in [5.74, 6) is 0.392. The van der Waals surface area contributed by atoms with Gasteiger partial charge in [-0.1, -0.05) is 0 Å². The van der Waals surface area contributed by atoms with Crippen molar-refractivity contribution in [3.63, 3.8) is 0 Å². The molecule has 1 aromatic heterocycles. The molecule has 0 aliphatic carbocycles. The van der Waals surface area contributed by atoms with Crippen LogP contribution in [0.25, 0.3) is 0 Å². The van der Waals surface area contributed by atoms with E-state index in [9.17, 15) is 4.79 Å². The molecule has 0 radical (unpaired) electrons. The zero-order valence-electron chi connectivity index (χ0n) is 9.77. The third-order valence-corrected chi connectivity index (χ3v) is 2.11. The minimum Gasteiger partial charge on any atom is -0.394 e. The first-order valence-electron chi connectivity index (χ1n) is 5.10. The van der Waals surface area contributed by atoms with Crippen molar-refractivity contribution in [1.82, 2.24) is 10.3 Å². The molecule has 5 nitrogen and oxygen atoms in total. The van der Waals surface area contributed by atoms with Crippen LogP contribution in [-0.2, 0) is 0 Å². The van der Waals surface area contributed by atoms with Crippen molar-refractivity contribution in [3.05, 3.63) is 23.9 Å². The maximum atomic E-state index is 11.9. The Kier molecular flexibility index (Phi) is 4.25. The molecule has 1 rings (SSSR count). The number of nitrogens with one attached hydrogen (secondary N) is 1. The van der Waals surface area contributed by atoms with Crippen LogP contribution in [-0.4, -0.2) is 42.7 Å². The molecule has 0 aliphatic heterocycles. The summed E-state index contributed by atoms with van der Waals surface area (Å²) in [5.41, 5.74) is 0.507. The lowest BCUT2D eigenvalue weighted by atomic mass is 10.2. The second-order valence-corrected chi connectivity index (χ2v) is 3.83. The van der Waals surface area contributed by atoms with Gasteiger partial charge in [-0.2, -0.15) is 0 Å². The quantitative estimate of drug-likeness (QED) is 0.768. The fraction of sp³-hybridized carbons (Fsp3) is 0.455. The molecule has 0 fully saturated rings. The van der Waals surface area contributed by atoms with E-state index in [0.29, 0.717) is 11.4 Å². The molecule has 2 N–H and O–H groups in total. The van der Waals surface area contributed by atoms with Gasteiger partial charge in [0, 0.05) is 26.3 Å². The molecule has 0 saturated heterocycles. The first kappa shape index (κ1) is 12.4. The van der Waals surface area contributed by atoms with Crippen LogP contribution >= 0.6 is 0 Å². The third-order valence-electron chi connectivity index (χ3n) is 2.11. The highest BCUT2D eigenvalue weighted by molar-refractivity contribution is 5.98. The van der Waals surface area contributed by atoms with Crippen molar-refractivity contribution in [1.29, 1.82) is 0 Å². The van der Waals surface area contributed by atoms with E-state index in [4.69, 9.17) is 5.11 Å². The Morgan fingerprint density at radius 1 is 1.62 bits per heavy atom. The van der Waals surface area contributed by atoms with Crippen LogP contribution < -0.4 is 10.2 Å². The lowest BCUT2D eigenvalue weighted by Crippen LogP contribution is -2.35. The molecule has 0 saturated carbocycles. The molecule has 16 heavy (non-hydrogen) atoms. The van der Waals surface area contributed by atoms with E-state index in [0.717, 1.165) is 0 Å². The molecular weight excluding hydrogens is 206 g/mol. The number of anilines is 1. The van der Waals surface area contributed by atoms with Gasteiger partial charge in [-0.05, 0) is 19.1 Å². The zero-order chi connectivity index (χ0) is 12.1. The Morgan fingerprint density at radius 3 is 2.88 bits per heavy atom. The number of aromatic nitrogens is 1. The fourth-order valence-corrected chi connectivity index (χ4v) is 1.28. The maximum absolute atomic E-state index is 11.9. The molecule has 0 aliphatic rings.